The molecule has 0 aromatic heterocycles. The molecule has 0 saturated heterocycles. The van der Waals surface area contributed by atoms with Crippen LogP contribution in [0.25, 0.3) is 0 Å². The van der Waals surface area contributed by atoms with E-state index < -0.39 is 80.5 Å². The first-order chi connectivity index (χ1) is 20.1. The lowest BCUT2D eigenvalue weighted by atomic mass is 9.81. The minimum atomic E-state index is -1.59. The van der Waals surface area contributed by atoms with E-state index in [1.165, 1.54) is 48.5 Å². The van der Waals surface area contributed by atoms with Gasteiger partial charge in [-0.2, -0.15) is 0 Å². The number of benzene rings is 4. The molecule has 0 heterocycles. The van der Waals surface area contributed by atoms with Gasteiger partial charge in [-0.05, 0) is 36.4 Å². The van der Waals surface area contributed by atoms with E-state index in [-0.39, 0.29) is 11.4 Å². The van der Waals surface area contributed by atoms with E-state index in [2.05, 4.69) is 0 Å². The number of ether oxygens (including phenoxy) is 2. The number of amides is 2. The van der Waals surface area contributed by atoms with Crippen LogP contribution in [-0.2, 0) is 9.47 Å². The van der Waals surface area contributed by atoms with E-state index in [0.717, 1.165) is 26.4 Å². The molecule has 2 N–H and O–H groups in total. The first-order valence-electron chi connectivity index (χ1n) is 12.2. The summed E-state index contributed by atoms with van der Waals surface area (Å²) in [6, 6.07) is 16.4. The van der Waals surface area contributed by atoms with Crippen LogP contribution in [0.2, 0.25) is 0 Å². The summed E-state index contributed by atoms with van der Waals surface area (Å²) in [4.78, 5) is 54.8. The number of nitrogens with zero attached hydrogens (tertiary/aromatic N) is 2. The molecular weight excluding hydrogens is 554 g/mol. The Hall–Kier alpha value is -5.78. The molecule has 0 bridgehead atoms. The van der Waals surface area contributed by atoms with Crippen molar-refractivity contribution in [1.29, 1.82) is 0 Å². The molecule has 0 saturated carbocycles. The monoisotopic (exact) mass is 574 g/mol. The van der Waals surface area contributed by atoms with Crippen molar-refractivity contribution >= 4 is 46.5 Å². The number of hydrogen-bond acceptors (Lipinski definition) is 8. The Balaban J connectivity index is 1.98. The molecule has 0 fully saturated rings. The summed E-state index contributed by atoms with van der Waals surface area (Å²) in [5.74, 6) is -7.42. The number of ketones is 2. The topological polar surface area (TPSA) is 134 Å². The van der Waals surface area contributed by atoms with Gasteiger partial charge >= 0.3 is 12.2 Å². The van der Waals surface area contributed by atoms with Gasteiger partial charge in [0.05, 0.1) is 47.8 Å². The predicted molar refractivity (Wildman–Crippen MR) is 145 cm³/mol. The number of hydrogen-bond donors (Lipinski definition) is 2. The maximum absolute atomic E-state index is 16.9. The number of carbonyl (C=O) groups excluding carboxylic acids is 4. The molecule has 0 spiro atoms. The second kappa shape index (κ2) is 10.7. The molecular formula is C30H20F2N2O8. The number of aromatic hydroxyl groups is 2. The van der Waals surface area contributed by atoms with Gasteiger partial charge < -0.3 is 19.7 Å². The average molecular weight is 574 g/mol. The number of methoxy groups -OCH3 is 2. The summed E-state index contributed by atoms with van der Waals surface area (Å²) in [6.45, 7) is 0. The van der Waals surface area contributed by atoms with Crippen molar-refractivity contribution in [2.24, 2.45) is 0 Å². The third kappa shape index (κ3) is 4.17. The summed E-state index contributed by atoms with van der Waals surface area (Å²) in [6.07, 6.45) is -2.48. The lowest BCUT2D eigenvalue weighted by molar-refractivity contribution is 0.0967. The Bertz CT molecular complexity index is 1650. The fraction of sp³-hybridized carbons (Fsp3) is 0.0667. The van der Waals surface area contributed by atoms with Crippen LogP contribution in [0, 0.1) is 11.6 Å². The lowest BCUT2D eigenvalue weighted by Gasteiger charge is -2.32. The second-order valence-electron chi connectivity index (χ2n) is 8.87. The Morgan fingerprint density at radius 1 is 0.595 bits per heavy atom. The van der Waals surface area contributed by atoms with E-state index in [4.69, 9.17) is 9.47 Å². The van der Waals surface area contributed by atoms with Gasteiger partial charge in [-0.3, -0.25) is 9.59 Å². The minimum absolute atomic E-state index is 0.0581. The first-order valence-corrected chi connectivity index (χ1v) is 12.2. The summed E-state index contributed by atoms with van der Waals surface area (Å²) < 4.78 is 43.5. The summed E-state index contributed by atoms with van der Waals surface area (Å²) in [5, 5.41) is 20.8. The van der Waals surface area contributed by atoms with Crippen LogP contribution >= 0.6 is 0 Å². The highest BCUT2D eigenvalue weighted by Crippen LogP contribution is 2.49. The van der Waals surface area contributed by atoms with Crippen LogP contribution in [0.15, 0.2) is 72.8 Å². The van der Waals surface area contributed by atoms with Crippen LogP contribution in [0.1, 0.15) is 31.8 Å². The number of anilines is 4. The zero-order valence-corrected chi connectivity index (χ0v) is 21.9. The molecule has 0 radical (unpaired) electrons. The molecule has 1 aliphatic carbocycles. The van der Waals surface area contributed by atoms with Crippen molar-refractivity contribution in [2.75, 3.05) is 24.0 Å². The van der Waals surface area contributed by atoms with Crippen molar-refractivity contribution in [1.82, 2.24) is 0 Å². The SMILES string of the molecule is COC(=O)N(c1ccccc1)c1c(F)c2c(c(F)c1N(C(=O)OC)c1ccccc1)C(=O)c1c(O)ccc(O)c1C2=O. The predicted octanol–water partition coefficient (Wildman–Crippen LogP) is 5.96. The number of phenolic OH excluding ortho intramolecular Hbond substituents is 2. The van der Waals surface area contributed by atoms with E-state index in [1.54, 1.807) is 12.1 Å². The standard InChI is InChI=1S/C30H20F2N2O8/c1-41-29(39)33(15-9-5-3-6-10-15)25-23(31)21-22(28(38)20-18(36)14-13-17(35)19(20)27(21)37)24(32)26(25)34(30(40)42-2)16-11-7-4-8-12-16/h3-14,35-36H,1-2H3. The molecule has 2 amide bonds. The third-order valence-electron chi connectivity index (χ3n) is 6.59. The third-order valence-corrected chi connectivity index (χ3v) is 6.59. The number of rotatable bonds is 4. The zero-order chi connectivity index (χ0) is 30.3. The van der Waals surface area contributed by atoms with Crippen LogP contribution in [0.5, 0.6) is 11.5 Å². The van der Waals surface area contributed by atoms with Gasteiger partial charge in [-0.25, -0.2) is 28.2 Å². The van der Waals surface area contributed by atoms with Gasteiger partial charge in [0.25, 0.3) is 0 Å². The molecule has 4 aromatic rings. The molecule has 5 rings (SSSR count). The van der Waals surface area contributed by atoms with Gasteiger partial charge in [0.15, 0.2) is 11.6 Å². The largest absolute Gasteiger partial charge is 0.507 e. The van der Waals surface area contributed by atoms with Crippen LogP contribution in [0.4, 0.5) is 41.1 Å². The molecule has 212 valence electrons. The van der Waals surface area contributed by atoms with E-state index in [9.17, 15) is 29.4 Å². The smallest absolute Gasteiger partial charge is 0.418 e. The summed E-state index contributed by atoms with van der Waals surface area (Å²) >= 11 is 0. The van der Waals surface area contributed by atoms with Crippen LogP contribution < -0.4 is 9.80 Å². The fourth-order valence-electron chi connectivity index (χ4n) is 4.78. The van der Waals surface area contributed by atoms with Gasteiger partial charge in [-0.15, -0.1) is 0 Å². The number of halogens is 2. The second-order valence-corrected chi connectivity index (χ2v) is 8.87. The van der Waals surface area contributed by atoms with Crippen molar-refractivity contribution in [3.05, 3.63) is 107 Å². The van der Waals surface area contributed by atoms with Gasteiger partial charge in [0.2, 0.25) is 11.6 Å². The molecule has 0 atom stereocenters. The van der Waals surface area contributed by atoms with E-state index >= 15 is 8.78 Å². The lowest BCUT2D eigenvalue weighted by Crippen LogP contribution is -2.35. The highest BCUT2D eigenvalue weighted by molar-refractivity contribution is 6.31. The van der Waals surface area contributed by atoms with Gasteiger partial charge in [0.1, 0.15) is 22.9 Å². The van der Waals surface area contributed by atoms with E-state index in [1.807, 2.05) is 0 Å². The quantitative estimate of drug-likeness (QED) is 0.251. The Labute approximate surface area is 236 Å². The molecule has 0 aliphatic heterocycles. The fourth-order valence-corrected chi connectivity index (χ4v) is 4.78. The van der Waals surface area contributed by atoms with Crippen molar-refractivity contribution in [3.63, 3.8) is 0 Å². The normalized spacial score (nSPS) is 11.8. The molecule has 1 aliphatic rings. The number of phenols is 2. The highest BCUT2D eigenvalue weighted by atomic mass is 19.1. The molecule has 42 heavy (non-hydrogen) atoms. The summed E-state index contributed by atoms with van der Waals surface area (Å²) in [7, 11) is 1.96. The number of carbonyl (C=O) groups is 4. The Morgan fingerprint density at radius 2 is 0.929 bits per heavy atom. The minimum Gasteiger partial charge on any atom is -0.507 e. The van der Waals surface area contributed by atoms with Crippen LogP contribution in [0.3, 0.4) is 0 Å². The van der Waals surface area contributed by atoms with Crippen molar-refractivity contribution < 1.29 is 47.6 Å². The first kappa shape index (κ1) is 27.8. The van der Waals surface area contributed by atoms with Crippen molar-refractivity contribution in [3.8, 4) is 11.5 Å². The zero-order valence-electron chi connectivity index (χ0n) is 21.9. The Morgan fingerprint density at radius 3 is 1.24 bits per heavy atom. The average Bonchev–Trinajstić information content (AvgIpc) is 3.00. The molecule has 10 nitrogen and oxygen atoms in total. The highest BCUT2D eigenvalue weighted by Gasteiger charge is 2.45. The van der Waals surface area contributed by atoms with Crippen LogP contribution in [-0.4, -0.2) is 48.2 Å². The maximum atomic E-state index is 16.9. The molecule has 12 heteroatoms. The van der Waals surface area contributed by atoms with Gasteiger partial charge in [-0.1, -0.05) is 36.4 Å². The number of fused-ring (bicyclic) bond motifs is 2. The van der Waals surface area contributed by atoms with Gasteiger partial charge in [0, 0.05) is 0 Å². The number of para-hydroxylation sites is 2. The maximum Gasteiger partial charge on any atom is 0.418 e. The summed E-state index contributed by atoms with van der Waals surface area (Å²) in [5.41, 5.74) is -5.84. The van der Waals surface area contributed by atoms with Crippen molar-refractivity contribution in [2.45, 2.75) is 0 Å². The molecule has 4 aromatic carbocycles. The van der Waals surface area contributed by atoms with E-state index in [0.29, 0.717) is 9.80 Å². The Kier molecular flexibility index (Phi) is 7.05. The molecule has 0 unspecified atom stereocenters.